The molecule has 2 fully saturated rings. The normalized spacial score (nSPS) is 32.8. The molecule has 3 heteroatoms. The van der Waals surface area contributed by atoms with Crippen LogP contribution < -0.4 is 5.32 Å². The number of hydrogen-bond acceptors (Lipinski definition) is 3. The number of aliphatic imine (C=N–C) groups is 1. The lowest BCUT2D eigenvalue weighted by Crippen LogP contribution is -2.35. The summed E-state index contributed by atoms with van der Waals surface area (Å²) in [6.45, 7) is 3.40. The average molecular weight is 238 g/mol. The van der Waals surface area contributed by atoms with E-state index in [1.807, 2.05) is 11.8 Å². The summed E-state index contributed by atoms with van der Waals surface area (Å²) in [7, 11) is 0. The molecule has 0 aromatic rings. The van der Waals surface area contributed by atoms with Crippen molar-refractivity contribution in [3.63, 3.8) is 0 Å². The number of thioether (sulfide) groups is 1. The lowest BCUT2D eigenvalue weighted by molar-refractivity contribution is 0.428. The Kier molecular flexibility index (Phi) is 3.14. The molecule has 2 aliphatic carbocycles. The molecular formula is C13H22N2S. The third-order valence-electron chi connectivity index (χ3n) is 4.28. The molecule has 0 radical (unpaired) electrons. The van der Waals surface area contributed by atoms with Crippen molar-refractivity contribution in [3.8, 4) is 0 Å². The van der Waals surface area contributed by atoms with E-state index in [2.05, 4.69) is 17.2 Å². The monoisotopic (exact) mass is 238 g/mol. The van der Waals surface area contributed by atoms with Gasteiger partial charge in [-0.3, -0.25) is 4.99 Å². The molecule has 2 saturated carbocycles. The van der Waals surface area contributed by atoms with Crippen LogP contribution in [0.5, 0.6) is 0 Å². The van der Waals surface area contributed by atoms with Crippen LogP contribution in [0.3, 0.4) is 0 Å². The Hall–Kier alpha value is -0.180. The first kappa shape index (κ1) is 10.9. The van der Waals surface area contributed by atoms with Crippen molar-refractivity contribution in [1.82, 2.24) is 5.32 Å². The average Bonchev–Trinajstić information content (AvgIpc) is 2.82. The first-order chi connectivity index (χ1) is 7.83. The Morgan fingerprint density at radius 2 is 2.00 bits per heavy atom. The maximum atomic E-state index is 4.66. The zero-order valence-electron chi connectivity index (χ0n) is 10.1. The highest BCUT2D eigenvalue weighted by Crippen LogP contribution is 2.41. The van der Waals surface area contributed by atoms with E-state index < -0.39 is 0 Å². The van der Waals surface area contributed by atoms with E-state index in [0.29, 0.717) is 6.04 Å². The quantitative estimate of drug-likeness (QED) is 0.817. The minimum absolute atomic E-state index is 0.631. The molecule has 16 heavy (non-hydrogen) atoms. The van der Waals surface area contributed by atoms with Crippen LogP contribution in [0.25, 0.3) is 0 Å². The summed E-state index contributed by atoms with van der Waals surface area (Å²) in [4.78, 5) is 4.66. The molecule has 0 bridgehead atoms. The fraction of sp³-hybridized carbons (Fsp3) is 0.923. The highest BCUT2D eigenvalue weighted by molar-refractivity contribution is 8.14. The van der Waals surface area contributed by atoms with Crippen molar-refractivity contribution in [2.75, 3.05) is 6.54 Å². The maximum absolute atomic E-state index is 4.66. The molecule has 1 heterocycles. The van der Waals surface area contributed by atoms with Gasteiger partial charge in [-0.25, -0.2) is 0 Å². The second-order valence-electron chi connectivity index (χ2n) is 5.62. The summed E-state index contributed by atoms with van der Waals surface area (Å²) < 4.78 is 0. The number of nitrogens with zero attached hydrogens (tertiary/aromatic N) is 1. The van der Waals surface area contributed by atoms with Gasteiger partial charge in [0.25, 0.3) is 0 Å². The first-order valence-electron chi connectivity index (χ1n) is 6.80. The van der Waals surface area contributed by atoms with Crippen molar-refractivity contribution in [3.05, 3.63) is 0 Å². The predicted molar refractivity (Wildman–Crippen MR) is 71.0 cm³/mol. The zero-order valence-corrected chi connectivity index (χ0v) is 10.9. The van der Waals surface area contributed by atoms with Crippen LogP contribution in [0.4, 0.5) is 0 Å². The second kappa shape index (κ2) is 4.59. The van der Waals surface area contributed by atoms with E-state index in [1.165, 1.54) is 43.7 Å². The van der Waals surface area contributed by atoms with Crippen molar-refractivity contribution in [2.24, 2.45) is 16.8 Å². The van der Waals surface area contributed by atoms with Crippen LogP contribution in [-0.2, 0) is 0 Å². The smallest absolute Gasteiger partial charge is 0.157 e. The van der Waals surface area contributed by atoms with Crippen LogP contribution in [0.15, 0.2) is 4.99 Å². The minimum Gasteiger partial charge on any atom is -0.362 e. The second-order valence-corrected chi connectivity index (χ2v) is 6.85. The first-order valence-corrected chi connectivity index (χ1v) is 7.68. The topological polar surface area (TPSA) is 24.4 Å². The van der Waals surface area contributed by atoms with E-state index in [-0.39, 0.29) is 0 Å². The van der Waals surface area contributed by atoms with Gasteiger partial charge in [-0.2, -0.15) is 0 Å². The molecule has 1 aliphatic heterocycles. The number of rotatable bonds is 3. The van der Waals surface area contributed by atoms with Crippen LogP contribution in [0.1, 0.15) is 45.4 Å². The van der Waals surface area contributed by atoms with Gasteiger partial charge in [-0.15, -0.1) is 0 Å². The van der Waals surface area contributed by atoms with Gasteiger partial charge in [-0.1, -0.05) is 24.6 Å². The Labute approximate surface area is 103 Å². The summed E-state index contributed by atoms with van der Waals surface area (Å²) >= 11 is 2.01. The third kappa shape index (κ3) is 2.39. The molecule has 2 nitrogen and oxygen atoms in total. The molecule has 0 spiro atoms. The van der Waals surface area contributed by atoms with Crippen LogP contribution >= 0.6 is 11.8 Å². The summed E-state index contributed by atoms with van der Waals surface area (Å²) in [5.74, 6) is 1.87. The SMILES string of the molecule is CC(NC1=NCC(C2CC2)S1)C1CCCC1. The van der Waals surface area contributed by atoms with E-state index in [9.17, 15) is 0 Å². The van der Waals surface area contributed by atoms with E-state index in [4.69, 9.17) is 0 Å². The van der Waals surface area contributed by atoms with Gasteiger partial charge in [0.15, 0.2) is 5.17 Å². The molecule has 0 aromatic carbocycles. The standard InChI is InChI=1S/C13H22N2S/c1-9(10-4-2-3-5-10)15-13-14-8-12(16-13)11-6-7-11/h9-12H,2-8H2,1H3,(H,14,15). The highest BCUT2D eigenvalue weighted by atomic mass is 32.2. The summed E-state index contributed by atoms with van der Waals surface area (Å²) in [6, 6.07) is 0.631. The number of amidine groups is 1. The van der Waals surface area contributed by atoms with Crippen LogP contribution in [-0.4, -0.2) is 23.0 Å². The van der Waals surface area contributed by atoms with Crippen molar-refractivity contribution in [1.29, 1.82) is 0 Å². The fourth-order valence-corrected chi connectivity index (χ4v) is 4.26. The van der Waals surface area contributed by atoms with E-state index in [1.54, 1.807) is 0 Å². The molecule has 0 saturated heterocycles. The van der Waals surface area contributed by atoms with Gasteiger partial charge in [0.1, 0.15) is 0 Å². The largest absolute Gasteiger partial charge is 0.362 e. The van der Waals surface area contributed by atoms with Gasteiger partial charge in [-0.05, 0) is 44.4 Å². The fourth-order valence-electron chi connectivity index (χ4n) is 2.95. The lowest BCUT2D eigenvalue weighted by Gasteiger charge is -2.21. The molecule has 0 aromatic heterocycles. The van der Waals surface area contributed by atoms with Gasteiger partial charge in [0.2, 0.25) is 0 Å². The van der Waals surface area contributed by atoms with Crippen LogP contribution in [0, 0.1) is 11.8 Å². The molecule has 90 valence electrons. The van der Waals surface area contributed by atoms with Gasteiger partial charge in [0, 0.05) is 11.3 Å². The molecule has 1 N–H and O–H groups in total. The third-order valence-corrected chi connectivity index (χ3v) is 5.59. The molecule has 3 aliphatic rings. The van der Waals surface area contributed by atoms with Gasteiger partial charge in [0.05, 0.1) is 6.54 Å². The lowest BCUT2D eigenvalue weighted by atomic mass is 10.0. The van der Waals surface area contributed by atoms with E-state index in [0.717, 1.165) is 23.6 Å². The predicted octanol–water partition coefficient (Wildman–Crippen LogP) is 3.04. The van der Waals surface area contributed by atoms with Gasteiger partial charge < -0.3 is 5.32 Å². The molecule has 0 amide bonds. The van der Waals surface area contributed by atoms with Crippen molar-refractivity contribution >= 4 is 16.9 Å². The van der Waals surface area contributed by atoms with Crippen molar-refractivity contribution < 1.29 is 0 Å². The van der Waals surface area contributed by atoms with E-state index >= 15 is 0 Å². The summed E-state index contributed by atoms with van der Waals surface area (Å²) in [5.41, 5.74) is 0. The summed E-state index contributed by atoms with van der Waals surface area (Å²) in [6.07, 6.45) is 8.58. The number of nitrogens with one attached hydrogen (secondary N) is 1. The maximum Gasteiger partial charge on any atom is 0.157 e. The minimum atomic E-state index is 0.631. The Morgan fingerprint density at radius 3 is 2.69 bits per heavy atom. The molecular weight excluding hydrogens is 216 g/mol. The Morgan fingerprint density at radius 1 is 1.25 bits per heavy atom. The Balaban J connectivity index is 1.47. The Bertz CT molecular complexity index is 280. The number of hydrogen-bond donors (Lipinski definition) is 1. The van der Waals surface area contributed by atoms with Gasteiger partial charge >= 0.3 is 0 Å². The molecule has 3 rings (SSSR count). The highest BCUT2D eigenvalue weighted by Gasteiger charge is 2.35. The zero-order chi connectivity index (χ0) is 11.0. The summed E-state index contributed by atoms with van der Waals surface area (Å²) in [5, 5.41) is 5.68. The molecule has 2 unspecified atom stereocenters. The van der Waals surface area contributed by atoms with Crippen molar-refractivity contribution in [2.45, 2.75) is 56.7 Å². The van der Waals surface area contributed by atoms with Crippen LogP contribution in [0.2, 0.25) is 0 Å². The molecule has 2 atom stereocenters.